The van der Waals surface area contributed by atoms with Gasteiger partial charge in [-0.05, 0) is 38.0 Å². The number of thioether (sulfide) groups is 1. The molecule has 0 spiro atoms. The van der Waals surface area contributed by atoms with E-state index in [1.807, 2.05) is 31.2 Å². The summed E-state index contributed by atoms with van der Waals surface area (Å²) in [6.07, 6.45) is 2.19. The maximum absolute atomic E-state index is 11.9. The van der Waals surface area contributed by atoms with Crippen LogP contribution in [-0.2, 0) is 4.79 Å². The van der Waals surface area contributed by atoms with Gasteiger partial charge in [0.05, 0.1) is 5.25 Å². The van der Waals surface area contributed by atoms with Crippen molar-refractivity contribution in [1.29, 1.82) is 0 Å². The average Bonchev–Trinajstić information content (AvgIpc) is 3.18. The summed E-state index contributed by atoms with van der Waals surface area (Å²) in [5.74, 6) is 0.0621. The van der Waals surface area contributed by atoms with E-state index in [1.54, 1.807) is 0 Å². The molecule has 1 fully saturated rings. The molecule has 0 bridgehead atoms. The van der Waals surface area contributed by atoms with Crippen LogP contribution in [-0.4, -0.2) is 27.4 Å². The van der Waals surface area contributed by atoms with E-state index in [0.717, 1.165) is 22.9 Å². The Morgan fingerprint density at radius 3 is 3.00 bits per heavy atom. The third kappa shape index (κ3) is 4.34. The fourth-order valence-electron chi connectivity index (χ4n) is 1.75. The number of aromatic nitrogens is 2. The van der Waals surface area contributed by atoms with E-state index >= 15 is 0 Å². The maximum atomic E-state index is 11.9. The minimum Gasteiger partial charge on any atom is -0.352 e. The van der Waals surface area contributed by atoms with Crippen LogP contribution in [0.5, 0.6) is 0 Å². The average molecular weight is 355 g/mol. The van der Waals surface area contributed by atoms with Gasteiger partial charge in [-0.25, -0.2) is 0 Å². The molecule has 3 rings (SSSR count). The predicted molar refractivity (Wildman–Crippen MR) is 91.1 cm³/mol. The highest BCUT2D eigenvalue weighted by Crippen LogP contribution is 2.31. The fourth-order valence-corrected chi connectivity index (χ4v) is 3.86. The highest BCUT2D eigenvalue weighted by molar-refractivity contribution is 8.02. The molecule has 2 N–H and O–H groups in total. The predicted octanol–water partition coefficient (Wildman–Crippen LogP) is 3.69. The monoisotopic (exact) mass is 354 g/mol. The molecule has 1 aliphatic rings. The number of nitrogens with zero attached hydrogens (tertiary/aromatic N) is 2. The second-order valence-electron chi connectivity index (χ2n) is 5.05. The molecule has 1 aromatic carbocycles. The molecule has 0 aliphatic heterocycles. The summed E-state index contributed by atoms with van der Waals surface area (Å²) < 4.78 is 0.767. The molecule has 8 heteroatoms. The molecule has 5 nitrogen and oxygen atoms in total. The van der Waals surface area contributed by atoms with Crippen molar-refractivity contribution in [1.82, 2.24) is 15.5 Å². The lowest BCUT2D eigenvalue weighted by Crippen LogP contribution is -2.32. The second-order valence-corrected chi connectivity index (χ2v) is 8.05. The molecule has 2 aromatic rings. The molecular weight excluding hydrogens is 340 g/mol. The van der Waals surface area contributed by atoms with E-state index in [0.29, 0.717) is 16.2 Å². The van der Waals surface area contributed by atoms with E-state index in [4.69, 9.17) is 11.6 Å². The minimum atomic E-state index is -0.174. The Morgan fingerprint density at radius 2 is 2.27 bits per heavy atom. The van der Waals surface area contributed by atoms with Crippen molar-refractivity contribution in [3.05, 3.63) is 29.3 Å². The van der Waals surface area contributed by atoms with Crippen LogP contribution in [0.4, 0.5) is 10.8 Å². The number of hydrogen-bond acceptors (Lipinski definition) is 6. The number of anilines is 2. The van der Waals surface area contributed by atoms with Crippen LogP contribution in [0.15, 0.2) is 28.6 Å². The van der Waals surface area contributed by atoms with Crippen LogP contribution in [0, 0.1) is 0 Å². The van der Waals surface area contributed by atoms with Crippen LogP contribution in [0.2, 0.25) is 5.02 Å². The quantitative estimate of drug-likeness (QED) is 0.774. The van der Waals surface area contributed by atoms with Crippen molar-refractivity contribution in [2.45, 2.75) is 35.4 Å². The number of carbonyl (C=O) groups is 1. The largest absolute Gasteiger partial charge is 0.352 e. The van der Waals surface area contributed by atoms with E-state index < -0.39 is 0 Å². The molecule has 1 aliphatic carbocycles. The van der Waals surface area contributed by atoms with Crippen molar-refractivity contribution in [3.63, 3.8) is 0 Å². The van der Waals surface area contributed by atoms with E-state index in [-0.39, 0.29) is 11.2 Å². The number of hydrogen-bond donors (Lipinski definition) is 2. The molecule has 1 aromatic heterocycles. The zero-order valence-corrected chi connectivity index (χ0v) is 14.3. The maximum Gasteiger partial charge on any atom is 0.233 e. The molecule has 1 heterocycles. The van der Waals surface area contributed by atoms with Gasteiger partial charge in [-0.3, -0.25) is 4.79 Å². The topological polar surface area (TPSA) is 66.9 Å². The van der Waals surface area contributed by atoms with Crippen molar-refractivity contribution >= 4 is 51.4 Å². The van der Waals surface area contributed by atoms with Gasteiger partial charge < -0.3 is 10.6 Å². The molecule has 116 valence electrons. The van der Waals surface area contributed by atoms with E-state index in [9.17, 15) is 4.79 Å². The number of benzene rings is 1. The van der Waals surface area contributed by atoms with Crippen LogP contribution in [0.25, 0.3) is 0 Å². The van der Waals surface area contributed by atoms with Crippen LogP contribution >= 0.6 is 34.7 Å². The molecular formula is C14H15ClN4OS2. The Morgan fingerprint density at radius 1 is 1.45 bits per heavy atom. The smallest absolute Gasteiger partial charge is 0.233 e. The van der Waals surface area contributed by atoms with Crippen molar-refractivity contribution < 1.29 is 4.79 Å². The van der Waals surface area contributed by atoms with Gasteiger partial charge in [0, 0.05) is 16.8 Å². The first kappa shape index (κ1) is 15.6. The zero-order valence-electron chi connectivity index (χ0n) is 11.9. The third-order valence-corrected chi connectivity index (χ3v) is 5.31. The van der Waals surface area contributed by atoms with Crippen molar-refractivity contribution in [3.8, 4) is 0 Å². The molecule has 1 amide bonds. The first-order chi connectivity index (χ1) is 10.6. The summed E-state index contributed by atoms with van der Waals surface area (Å²) in [6, 6.07) is 7.79. The molecule has 0 radical (unpaired) electrons. The Balaban J connectivity index is 1.57. The summed E-state index contributed by atoms with van der Waals surface area (Å²) >= 11 is 8.79. The van der Waals surface area contributed by atoms with Gasteiger partial charge in [0.1, 0.15) is 0 Å². The molecule has 0 unspecified atom stereocenters. The van der Waals surface area contributed by atoms with Gasteiger partial charge in [-0.2, -0.15) is 0 Å². The summed E-state index contributed by atoms with van der Waals surface area (Å²) in [5.41, 5.74) is 0.861. The molecule has 1 saturated carbocycles. The lowest BCUT2D eigenvalue weighted by atomic mass is 10.3. The number of rotatable bonds is 6. The Kier molecular flexibility index (Phi) is 4.85. The van der Waals surface area contributed by atoms with Gasteiger partial charge in [0.2, 0.25) is 11.0 Å². The highest BCUT2D eigenvalue weighted by Gasteiger charge is 2.26. The summed E-state index contributed by atoms with van der Waals surface area (Å²) in [6.45, 7) is 1.88. The number of halogens is 1. The van der Waals surface area contributed by atoms with Gasteiger partial charge in [-0.15, -0.1) is 10.2 Å². The first-order valence-corrected chi connectivity index (χ1v) is 9.01. The standard InChI is InChI=1S/C14H15ClN4OS2/c1-8(12(20)16-10-5-6-10)21-14-19-18-13(22-14)17-11-4-2-3-9(15)7-11/h2-4,7-8,10H,5-6H2,1H3,(H,16,20)(H,17,18)/t8-/m1/s1. The lowest BCUT2D eigenvalue weighted by molar-refractivity contribution is -0.120. The van der Waals surface area contributed by atoms with Crippen LogP contribution in [0.3, 0.4) is 0 Å². The van der Waals surface area contributed by atoms with Crippen LogP contribution in [0.1, 0.15) is 19.8 Å². The Labute approximate surface area is 141 Å². The normalized spacial score (nSPS) is 15.4. The second kappa shape index (κ2) is 6.85. The van der Waals surface area contributed by atoms with Crippen LogP contribution < -0.4 is 10.6 Å². The molecule has 1 atom stereocenters. The number of nitrogens with one attached hydrogen (secondary N) is 2. The minimum absolute atomic E-state index is 0.0621. The first-order valence-electron chi connectivity index (χ1n) is 6.93. The zero-order chi connectivity index (χ0) is 15.5. The summed E-state index contributed by atoms with van der Waals surface area (Å²) in [7, 11) is 0. The van der Waals surface area contributed by atoms with Crippen molar-refractivity contribution in [2.75, 3.05) is 5.32 Å². The van der Waals surface area contributed by atoms with Gasteiger partial charge >= 0.3 is 0 Å². The molecule has 0 saturated heterocycles. The third-order valence-electron chi connectivity index (χ3n) is 3.05. The number of amides is 1. The van der Waals surface area contributed by atoms with Gasteiger partial charge in [-0.1, -0.05) is 40.8 Å². The Hall–Kier alpha value is -1.31. The molecule has 22 heavy (non-hydrogen) atoms. The fraction of sp³-hybridized carbons (Fsp3) is 0.357. The summed E-state index contributed by atoms with van der Waals surface area (Å²) in [4.78, 5) is 11.9. The van der Waals surface area contributed by atoms with Crippen molar-refractivity contribution in [2.24, 2.45) is 0 Å². The van der Waals surface area contributed by atoms with E-state index in [1.165, 1.54) is 23.1 Å². The Bertz CT molecular complexity index is 674. The van der Waals surface area contributed by atoms with Gasteiger partial charge in [0.15, 0.2) is 4.34 Å². The highest BCUT2D eigenvalue weighted by atomic mass is 35.5. The van der Waals surface area contributed by atoms with E-state index in [2.05, 4.69) is 20.8 Å². The SMILES string of the molecule is C[C@@H](Sc1nnc(Nc2cccc(Cl)c2)s1)C(=O)NC1CC1. The lowest BCUT2D eigenvalue weighted by Gasteiger charge is -2.08. The number of carbonyl (C=O) groups excluding carboxylic acids is 1. The van der Waals surface area contributed by atoms with Gasteiger partial charge in [0.25, 0.3) is 0 Å². The summed E-state index contributed by atoms with van der Waals surface area (Å²) in [5, 5.41) is 15.5.